The number of rotatable bonds is 7. The fourth-order valence-electron chi connectivity index (χ4n) is 4.44. The number of pyridine rings is 1. The molecule has 2 heterocycles. The number of carboxylic acid groups (broad SMARTS) is 1. The van der Waals surface area contributed by atoms with E-state index in [1.165, 1.54) is 24.3 Å². The first-order valence-corrected chi connectivity index (χ1v) is 15.2. The molecule has 2 atom stereocenters. The van der Waals surface area contributed by atoms with Crippen LogP contribution in [-0.2, 0) is 20.4 Å². The maximum absolute atomic E-state index is 16.3. The molecule has 1 amide bonds. The Hall–Kier alpha value is -2.40. The maximum atomic E-state index is 16.3. The van der Waals surface area contributed by atoms with E-state index in [0.717, 1.165) is 0 Å². The second-order valence-electron chi connectivity index (χ2n) is 12.2. The van der Waals surface area contributed by atoms with Gasteiger partial charge in [0.1, 0.15) is 17.1 Å². The van der Waals surface area contributed by atoms with Crippen molar-refractivity contribution in [2.24, 2.45) is 0 Å². The zero-order valence-electron chi connectivity index (χ0n) is 22.8. The Morgan fingerprint density at radius 3 is 2.27 bits per heavy atom. The van der Waals surface area contributed by atoms with E-state index in [9.17, 15) is 19.4 Å². The molecule has 0 aliphatic carbocycles. The molecule has 1 aromatic carbocycles. The van der Waals surface area contributed by atoms with Crippen LogP contribution >= 0.6 is 0 Å². The third kappa shape index (κ3) is 6.19. The zero-order valence-corrected chi connectivity index (χ0v) is 23.8. The molecule has 1 aliphatic rings. The van der Waals surface area contributed by atoms with E-state index in [1.807, 2.05) is 0 Å². The van der Waals surface area contributed by atoms with Crippen LogP contribution in [0.5, 0.6) is 0 Å². The van der Waals surface area contributed by atoms with Crippen LogP contribution in [0.2, 0.25) is 18.1 Å². The van der Waals surface area contributed by atoms with Gasteiger partial charge in [-0.3, -0.25) is 0 Å². The Labute approximate surface area is 218 Å². The van der Waals surface area contributed by atoms with Crippen LogP contribution in [0.25, 0.3) is 11.3 Å². The number of aromatic nitrogens is 1. The lowest BCUT2D eigenvalue weighted by Gasteiger charge is -2.43. The van der Waals surface area contributed by atoms with E-state index in [2.05, 4.69) is 44.2 Å². The van der Waals surface area contributed by atoms with E-state index >= 15 is 4.39 Å². The lowest BCUT2D eigenvalue weighted by atomic mass is 9.86. The minimum atomic E-state index is -2.37. The number of aliphatic hydroxyl groups is 1. The monoisotopic (exact) mass is 536 g/mol. The molecule has 1 aliphatic heterocycles. The van der Waals surface area contributed by atoms with Gasteiger partial charge in [0.15, 0.2) is 14.1 Å². The molecule has 0 spiro atoms. The molecular formula is C27H38F2N2O5Si. The van der Waals surface area contributed by atoms with Gasteiger partial charge in [-0.2, -0.15) is 0 Å². The topological polar surface area (TPSA) is 101 Å². The van der Waals surface area contributed by atoms with Crippen LogP contribution < -0.4 is 5.32 Å². The first kappa shape index (κ1) is 29.2. The predicted octanol–water partition coefficient (Wildman–Crippen LogP) is 5.92. The fourth-order valence-corrected chi connectivity index (χ4v) is 6.14. The van der Waals surface area contributed by atoms with Gasteiger partial charge >= 0.3 is 6.09 Å². The van der Waals surface area contributed by atoms with Crippen molar-refractivity contribution in [3.05, 3.63) is 53.2 Å². The summed E-state index contributed by atoms with van der Waals surface area (Å²) in [7, 11) is -2.37. The van der Waals surface area contributed by atoms with Crippen LogP contribution in [0.4, 0.5) is 13.6 Å². The fraction of sp³-hybridized carbons (Fsp3) is 0.556. The summed E-state index contributed by atoms with van der Waals surface area (Å²) in [5.74, 6) is -1.09. The molecule has 2 unspecified atom stereocenters. The Morgan fingerprint density at radius 2 is 1.78 bits per heavy atom. The zero-order chi connectivity index (χ0) is 28.0. The summed E-state index contributed by atoms with van der Waals surface area (Å²) < 4.78 is 42.6. The summed E-state index contributed by atoms with van der Waals surface area (Å²) >= 11 is 0. The molecule has 1 saturated heterocycles. The third-order valence-electron chi connectivity index (χ3n) is 7.36. The van der Waals surface area contributed by atoms with Crippen LogP contribution in [0.1, 0.15) is 59.2 Å². The van der Waals surface area contributed by atoms with E-state index in [4.69, 9.17) is 9.16 Å². The smallest absolute Gasteiger partial charge is 0.404 e. The standard InChI is InChI=1S/C27H38F2N2O5Si/c1-24(2,3)37(7,8)36-25(4,5)19-13-20(27(15-30-23(32)33)14-26(6,34)16-35-27)31-22(21(19)29)17-9-11-18(28)12-10-17/h9-13,30,34H,14-16H2,1-8H3,(H,32,33). The SMILES string of the molecule is CC1(O)COC(CNC(=O)O)(c2cc(C(C)(C)O[Si](C)(C)C(C)(C)C)c(F)c(-c3ccc(F)cc3)n2)C1. The number of halogens is 2. The molecule has 3 N–H and O–H groups in total. The highest BCUT2D eigenvalue weighted by atomic mass is 28.4. The van der Waals surface area contributed by atoms with Crippen LogP contribution in [0.15, 0.2) is 30.3 Å². The molecule has 0 radical (unpaired) electrons. The van der Waals surface area contributed by atoms with Gasteiger partial charge in [-0.15, -0.1) is 0 Å². The molecule has 7 nitrogen and oxygen atoms in total. The van der Waals surface area contributed by atoms with Gasteiger partial charge in [-0.25, -0.2) is 18.6 Å². The second-order valence-corrected chi connectivity index (χ2v) is 16.9. The van der Waals surface area contributed by atoms with Gasteiger partial charge in [0, 0.05) is 17.5 Å². The maximum Gasteiger partial charge on any atom is 0.404 e. The summed E-state index contributed by atoms with van der Waals surface area (Å²) in [6.45, 7) is 15.3. The van der Waals surface area contributed by atoms with Crippen molar-refractivity contribution in [1.82, 2.24) is 10.3 Å². The van der Waals surface area contributed by atoms with Crippen molar-refractivity contribution < 1.29 is 33.0 Å². The van der Waals surface area contributed by atoms with Gasteiger partial charge in [-0.05, 0) is 69.2 Å². The molecule has 2 aromatic rings. The number of hydrogen-bond donors (Lipinski definition) is 3. The first-order valence-electron chi connectivity index (χ1n) is 12.3. The van der Waals surface area contributed by atoms with Crippen LogP contribution in [-0.4, -0.2) is 48.4 Å². The number of amides is 1. The highest BCUT2D eigenvalue weighted by Crippen LogP contribution is 2.46. The van der Waals surface area contributed by atoms with Crippen molar-refractivity contribution in [2.75, 3.05) is 13.2 Å². The average Bonchev–Trinajstić information content (AvgIpc) is 3.07. The van der Waals surface area contributed by atoms with E-state index in [0.29, 0.717) is 5.56 Å². The number of nitrogens with zero attached hydrogens (tertiary/aromatic N) is 1. The molecule has 0 saturated carbocycles. The lowest BCUT2D eigenvalue weighted by Crippen LogP contribution is -2.47. The van der Waals surface area contributed by atoms with Gasteiger partial charge in [0.25, 0.3) is 0 Å². The summed E-state index contributed by atoms with van der Waals surface area (Å²) in [5.41, 5.74) is -2.93. The van der Waals surface area contributed by atoms with E-state index < -0.39 is 42.8 Å². The quantitative estimate of drug-likeness (QED) is 0.380. The second kappa shape index (κ2) is 9.72. The van der Waals surface area contributed by atoms with Gasteiger partial charge in [-0.1, -0.05) is 20.8 Å². The summed E-state index contributed by atoms with van der Waals surface area (Å²) in [6.07, 6.45) is -1.23. The number of benzene rings is 1. The lowest BCUT2D eigenvalue weighted by molar-refractivity contribution is -0.0117. The molecule has 1 aromatic heterocycles. The molecular weight excluding hydrogens is 498 g/mol. The highest BCUT2D eigenvalue weighted by Gasteiger charge is 2.50. The van der Waals surface area contributed by atoms with Gasteiger partial charge in [0.2, 0.25) is 0 Å². The largest absolute Gasteiger partial charge is 0.465 e. The van der Waals surface area contributed by atoms with Crippen LogP contribution in [0, 0.1) is 11.6 Å². The summed E-state index contributed by atoms with van der Waals surface area (Å²) in [5, 5.41) is 22.2. The summed E-state index contributed by atoms with van der Waals surface area (Å²) in [6, 6.07) is 6.85. The van der Waals surface area contributed by atoms with Crippen LogP contribution in [0.3, 0.4) is 0 Å². The number of carbonyl (C=O) groups is 1. The molecule has 0 bridgehead atoms. The molecule has 3 rings (SSSR count). The van der Waals surface area contributed by atoms with Crippen molar-refractivity contribution in [1.29, 1.82) is 0 Å². The molecule has 204 valence electrons. The molecule has 37 heavy (non-hydrogen) atoms. The number of hydrogen-bond acceptors (Lipinski definition) is 5. The molecule has 10 heteroatoms. The van der Waals surface area contributed by atoms with Crippen molar-refractivity contribution in [3.8, 4) is 11.3 Å². The molecule has 1 fully saturated rings. The average molecular weight is 537 g/mol. The Kier molecular flexibility index (Phi) is 7.66. The summed E-state index contributed by atoms with van der Waals surface area (Å²) in [4.78, 5) is 16.0. The number of ether oxygens (including phenoxy) is 1. The first-order chi connectivity index (χ1) is 16.8. The number of nitrogens with one attached hydrogen (secondary N) is 1. The third-order valence-corrected chi connectivity index (χ3v) is 12.0. The van der Waals surface area contributed by atoms with Gasteiger partial charge < -0.3 is 24.7 Å². The normalized spacial score (nSPS) is 22.8. The Balaban J connectivity index is 2.27. The van der Waals surface area contributed by atoms with E-state index in [-0.39, 0.29) is 41.6 Å². The minimum Gasteiger partial charge on any atom is -0.465 e. The van der Waals surface area contributed by atoms with Gasteiger partial charge in [0.05, 0.1) is 30.0 Å². The minimum absolute atomic E-state index is 0.0325. The Morgan fingerprint density at radius 1 is 1.19 bits per heavy atom. The predicted molar refractivity (Wildman–Crippen MR) is 140 cm³/mol. The Bertz CT molecular complexity index is 1160. The van der Waals surface area contributed by atoms with E-state index in [1.54, 1.807) is 26.8 Å². The highest BCUT2D eigenvalue weighted by molar-refractivity contribution is 6.74. The van der Waals surface area contributed by atoms with Crippen molar-refractivity contribution in [2.45, 2.75) is 82.9 Å². The van der Waals surface area contributed by atoms with Crippen molar-refractivity contribution in [3.63, 3.8) is 0 Å². The van der Waals surface area contributed by atoms with Crippen molar-refractivity contribution >= 4 is 14.4 Å².